The number of hydrogen-bond donors (Lipinski definition) is 8. The van der Waals surface area contributed by atoms with E-state index in [0.29, 0.717) is 5.56 Å². The van der Waals surface area contributed by atoms with Gasteiger partial charge in [0.2, 0.25) is 17.7 Å². The number of carboxylic acids is 2. The number of aliphatic hydroxyl groups is 1. The second-order valence-electron chi connectivity index (χ2n) is 9.98. The molecule has 3 amide bonds. The molecule has 5 atom stereocenters. The highest BCUT2D eigenvalue weighted by Gasteiger charge is 2.33. The van der Waals surface area contributed by atoms with Crippen molar-refractivity contribution in [1.29, 1.82) is 0 Å². The van der Waals surface area contributed by atoms with Crippen LogP contribution in [0, 0.1) is 0 Å². The Morgan fingerprint density at radius 1 is 0.833 bits per heavy atom. The Labute approximate surface area is 241 Å². The molecule has 0 radical (unpaired) electrons. The van der Waals surface area contributed by atoms with Gasteiger partial charge in [-0.3, -0.25) is 19.2 Å². The molecule has 1 heterocycles. The summed E-state index contributed by atoms with van der Waals surface area (Å²) in [6.45, 7) is 1.22. The molecule has 3 aromatic rings. The van der Waals surface area contributed by atoms with E-state index in [1.165, 1.54) is 6.92 Å². The van der Waals surface area contributed by atoms with Crippen LogP contribution in [0.15, 0.2) is 60.8 Å². The highest BCUT2D eigenvalue weighted by Crippen LogP contribution is 2.19. The zero-order chi connectivity index (χ0) is 30.8. The van der Waals surface area contributed by atoms with Crippen LogP contribution in [0.25, 0.3) is 10.9 Å². The third kappa shape index (κ3) is 8.88. The van der Waals surface area contributed by atoms with Gasteiger partial charge in [-0.2, -0.15) is 0 Å². The second kappa shape index (κ2) is 14.8. The first kappa shape index (κ1) is 31.8. The molecule has 13 heteroatoms. The summed E-state index contributed by atoms with van der Waals surface area (Å²) in [5.74, 6) is -5.19. The lowest BCUT2D eigenvalue weighted by Gasteiger charge is -2.26. The molecule has 0 spiro atoms. The zero-order valence-corrected chi connectivity index (χ0v) is 22.9. The van der Waals surface area contributed by atoms with Gasteiger partial charge in [0.25, 0.3) is 0 Å². The Hall–Kier alpha value is -4.75. The Morgan fingerprint density at radius 3 is 2.12 bits per heavy atom. The number of aromatic nitrogens is 1. The number of rotatable bonds is 15. The summed E-state index contributed by atoms with van der Waals surface area (Å²) < 4.78 is 0. The molecule has 0 aliphatic carbocycles. The van der Waals surface area contributed by atoms with Crippen LogP contribution < -0.4 is 21.7 Å². The van der Waals surface area contributed by atoms with Gasteiger partial charge in [-0.25, -0.2) is 4.79 Å². The third-order valence-corrected chi connectivity index (χ3v) is 6.69. The number of nitrogens with one attached hydrogen (secondary N) is 4. The standard InChI is InChI=1S/C29H35N5O8/c1-16(35)25(28(40)32-22(29(41)42)11-12-24(36)37)34-27(39)23(13-17-7-3-2-4-8-17)33-26(38)20(30)14-18-15-31-21-10-6-5-9-19(18)21/h2-10,15-16,20,22-23,25,31,35H,11-14,30H2,1H3,(H,32,40)(H,33,38)(H,34,39)(H,36,37)(H,41,42). The van der Waals surface area contributed by atoms with Gasteiger partial charge in [0.05, 0.1) is 12.1 Å². The monoisotopic (exact) mass is 581 g/mol. The van der Waals surface area contributed by atoms with Crippen molar-refractivity contribution >= 4 is 40.6 Å². The predicted molar refractivity (Wildman–Crippen MR) is 152 cm³/mol. The number of hydrogen-bond acceptors (Lipinski definition) is 7. The lowest BCUT2D eigenvalue weighted by atomic mass is 10.0. The van der Waals surface area contributed by atoms with E-state index < -0.39 is 72.8 Å². The van der Waals surface area contributed by atoms with Gasteiger partial charge in [0.1, 0.15) is 18.1 Å². The minimum Gasteiger partial charge on any atom is -0.481 e. The van der Waals surface area contributed by atoms with Crippen molar-refractivity contribution in [3.05, 3.63) is 71.9 Å². The van der Waals surface area contributed by atoms with Crippen LogP contribution in [0.2, 0.25) is 0 Å². The number of aromatic amines is 1. The number of aliphatic hydroxyl groups excluding tert-OH is 1. The molecule has 224 valence electrons. The highest BCUT2D eigenvalue weighted by atomic mass is 16.4. The Morgan fingerprint density at radius 2 is 1.48 bits per heavy atom. The largest absolute Gasteiger partial charge is 0.481 e. The van der Waals surface area contributed by atoms with Crippen LogP contribution in [0.3, 0.4) is 0 Å². The summed E-state index contributed by atoms with van der Waals surface area (Å²) in [7, 11) is 0. The van der Waals surface area contributed by atoms with Crippen LogP contribution in [-0.2, 0) is 36.8 Å². The van der Waals surface area contributed by atoms with E-state index in [0.717, 1.165) is 16.5 Å². The van der Waals surface area contributed by atoms with Crippen molar-refractivity contribution in [3.8, 4) is 0 Å². The quantitative estimate of drug-likeness (QED) is 0.121. The van der Waals surface area contributed by atoms with Gasteiger partial charge < -0.3 is 42.0 Å². The molecule has 0 bridgehead atoms. The van der Waals surface area contributed by atoms with Crippen molar-refractivity contribution in [2.75, 3.05) is 0 Å². The van der Waals surface area contributed by atoms with Crippen molar-refractivity contribution in [2.45, 2.75) is 62.9 Å². The van der Waals surface area contributed by atoms with E-state index in [1.54, 1.807) is 36.5 Å². The summed E-state index contributed by atoms with van der Waals surface area (Å²) in [6.07, 6.45) is -0.409. The van der Waals surface area contributed by atoms with E-state index in [1.807, 2.05) is 24.3 Å². The van der Waals surface area contributed by atoms with Gasteiger partial charge in [-0.15, -0.1) is 0 Å². The number of para-hydroxylation sites is 1. The first-order valence-corrected chi connectivity index (χ1v) is 13.3. The van der Waals surface area contributed by atoms with Crippen LogP contribution >= 0.6 is 0 Å². The van der Waals surface area contributed by atoms with Gasteiger partial charge in [0, 0.05) is 29.9 Å². The van der Waals surface area contributed by atoms with Crippen molar-refractivity contribution in [3.63, 3.8) is 0 Å². The molecule has 5 unspecified atom stereocenters. The molecule has 42 heavy (non-hydrogen) atoms. The van der Waals surface area contributed by atoms with E-state index in [9.17, 15) is 34.2 Å². The van der Waals surface area contributed by atoms with Crippen LogP contribution in [0.5, 0.6) is 0 Å². The minimum atomic E-state index is -1.60. The number of carbonyl (C=O) groups is 5. The molecule has 2 aromatic carbocycles. The van der Waals surface area contributed by atoms with E-state index >= 15 is 0 Å². The summed E-state index contributed by atoms with van der Waals surface area (Å²) >= 11 is 0. The number of benzene rings is 2. The van der Waals surface area contributed by atoms with Crippen molar-refractivity contribution < 1.29 is 39.3 Å². The highest BCUT2D eigenvalue weighted by molar-refractivity contribution is 5.95. The third-order valence-electron chi connectivity index (χ3n) is 6.69. The molecule has 3 rings (SSSR count). The maximum atomic E-state index is 13.4. The van der Waals surface area contributed by atoms with Crippen LogP contribution in [0.4, 0.5) is 0 Å². The predicted octanol–water partition coefficient (Wildman–Crippen LogP) is 0.0650. The van der Waals surface area contributed by atoms with Crippen LogP contribution in [0.1, 0.15) is 30.9 Å². The smallest absolute Gasteiger partial charge is 0.326 e. The number of H-pyrrole nitrogens is 1. The molecular formula is C29H35N5O8. The van der Waals surface area contributed by atoms with E-state index in [2.05, 4.69) is 20.9 Å². The summed E-state index contributed by atoms with van der Waals surface area (Å²) in [5, 5.41) is 36.6. The molecule has 0 saturated heterocycles. The number of fused-ring (bicyclic) bond motifs is 1. The average molecular weight is 582 g/mol. The van der Waals surface area contributed by atoms with E-state index in [-0.39, 0.29) is 12.8 Å². The Kier molecular flexibility index (Phi) is 11.2. The van der Waals surface area contributed by atoms with Gasteiger partial charge >= 0.3 is 11.9 Å². The van der Waals surface area contributed by atoms with E-state index in [4.69, 9.17) is 10.8 Å². The molecule has 0 aliphatic heterocycles. The molecule has 9 N–H and O–H groups in total. The van der Waals surface area contributed by atoms with Gasteiger partial charge in [0.15, 0.2) is 0 Å². The molecular weight excluding hydrogens is 546 g/mol. The summed E-state index contributed by atoms with van der Waals surface area (Å²) in [5.41, 5.74) is 8.61. The maximum absolute atomic E-state index is 13.4. The molecule has 13 nitrogen and oxygen atoms in total. The lowest BCUT2D eigenvalue weighted by molar-refractivity contribution is -0.144. The lowest BCUT2D eigenvalue weighted by Crippen LogP contribution is -2.60. The van der Waals surface area contributed by atoms with Crippen LogP contribution in [-0.4, -0.2) is 80.2 Å². The fourth-order valence-electron chi connectivity index (χ4n) is 4.41. The van der Waals surface area contributed by atoms with Crippen molar-refractivity contribution in [1.82, 2.24) is 20.9 Å². The number of carboxylic acid groups (broad SMARTS) is 2. The summed E-state index contributed by atoms with van der Waals surface area (Å²) in [4.78, 5) is 64.9. The first-order valence-electron chi connectivity index (χ1n) is 13.3. The fourth-order valence-corrected chi connectivity index (χ4v) is 4.41. The Bertz CT molecular complexity index is 1410. The number of amides is 3. The molecule has 1 aromatic heterocycles. The van der Waals surface area contributed by atoms with Gasteiger partial charge in [-0.1, -0.05) is 48.5 Å². The average Bonchev–Trinajstić information content (AvgIpc) is 3.35. The van der Waals surface area contributed by atoms with Gasteiger partial charge in [-0.05, 0) is 37.0 Å². The fraction of sp³-hybridized carbons (Fsp3) is 0.345. The molecule has 0 aliphatic rings. The number of carbonyl (C=O) groups excluding carboxylic acids is 3. The normalized spacial score (nSPS) is 14.6. The number of aliphatic carboxylic acids is 2. The minimum absolute atomic E-state index is 0.0305. The first-order chi connectivity index (χ1) is 20.0. The second-order valence-corrected chi connectivity index (χ2v) is 9.98. The van der Waals surface area contributed by atoms with Crippen molar-refractivity contribution in [2.24, 2.45) is 5.73 Å². The Balaban J connectivity index is 1.75. The zero-order valence-electron chi connectivity index (χ0n) is 22.9. The topological polar surface area (TPSA) is 224 Å². The SMILES string of the molecule is CC(O)C(NC(=O)C(Cc1ccccc1)NC(=O)C(N)Cc1c[nH]c2ccccc12)C(=O)NC(CCC(=O)O)C(=O)O. The molecule has 0 saturated carbocycles. The maximum Gasteiger partial charge on any atom is 0.326 e. The molecule has 0 fully saturated rings. The summed E-state index contributed by atoms with van der Waals surface area (Å²) in [6, 6.07) is 10.9. The number of nitrogens with two attached hydrogens (primary N) is 1.